The summed E-state index contributed by atoms with van der Waals surface area (Å²) in [5, 5.41) is 8.78. The first-order valence-corrected chi connectivity index (χ1v) is 4.69. The molecule has 0 aliphatic heterocycles. The Morgan fingerprint density at radius 2 is 1.81 bits per heavy atom. The molecular weight excluding hydrogens is 208 g/mol. The summed E-state index contributed by atoms with van der Waals surface area (Å²) in [7, 11) is 0. The molecule has 1 aliphatic carbocycles. The third-order valence-electron chi connectivity index (χ3n) is 2.53. The molecule has 4 heteroatoms. The number of hydrogen-bond donors (Lipinski definition) is 1. The fraction of sp³-hybridized carbons (Fsp3) is 0.0833. The lowest BCUT2D eigenvalue weighted by Crippen LogP contribution is -2.00. The lowest BCUT2D eigenvalue weighted by molar-refractivity contribution is 0.0696. The fourth-order valence-corrected chi connectivity index (χ4v) is 1.72. The van der Waals surface area contributed by atoms with Crippen molar-refractivity contribution in [3.63, 3.8) is 0 Å². The summed E-state index contributed by atoms with van der Waals surface area (Å²) in [4.78, 5) is 34.1. The number of carboxylic acid groups (broad SMARTS) is 1. The number of carboxylic acids is 1. The monoisotopic (exact) mass is 216 g/mol. The van der Waals surface area contributed by atoms with Gasteiger partial charge in [-0.1, -0.05) is 6.08 Å². The van der Waals surface area contributed by atoms with Gasteiger partial charge in [-0.05, 0) is 25.1 Å². The average molecular weight is 216 g/mol. The number of aromatic carboxylic acids is 1. The number of fused-ring (bicyclic) bond motifs is 1. The van der Waals surface area contributed by atoms with Gasteiger partial charge in [0.05, 0.1) is 11.1 Å². The van der Waals surface area contributed by atoms with Crippen LogP contribution in [0.25, 0.3) is 0 Å². The van der Waals surface area contributed by atoms with Gasteiger partial charge in [-0.2, -0.15) is 0 Å². The summed E-state index contributed by atoms with van der Waals surface area (Å²) in [5.41, 5.74) is 0.580. The molecule has 0 saturated carbocycles. The highest BCUT2D eigenvalue weighted by Crippen LogP contribution is 2.27. The van der Waals surface area contributed by atoms with Gasteiger partial charge in [-0.25, -0.2) is 4.79 Å². The fourth-order valence-electron chi connectivity index (χ4n) is 1.72. The second-order valence-corrected chi connectivity index (χ2v) is 3.43. The van der Waals surface area contributed by atoms with E-state index in [1.165, 1.54) is 24.3 Å². The van der Waals surface area contributed by atoms with Crippen LogP contribution >= 0.6 is 0 Å². The minimum absolute atomic E-state index is 0.0113. The molecule has 1 aliphatic rings. The van der Waals surface area contributed by atoms with Crippen LogP contribution in [0.1, 0.15) is 38.0 Å². The van der Waals surface area contributed by atoms with Crippen molar-refractivity contribution in [3.8, 4) is 0 Å². The second-order valence-electron chi connectivity index (χ2n) is 3.43. The predicted octanol–water partition coefficient (Wildman–Crippen LogP) is 1.71. The Bertz CT molecular complexity index is 552. The number of ketones is 2. The number of carbonyl (C=O) groups excluding carboxylic acids is 2. The summed E-state index contributed by atoms with van der Waals surface area (Å²) in [6, 6.07) is 3.95. The van der Waals surface area contributed by atoms with Crippen LogP contribution in [0.5, 0.6) is 0 Å². The average Bonchev–Trinajstić information content (AvgIpc) is 2.51. The Hall–Kier alpha value is -2.23. The summed E-state index contributed by atoms with van der Waals surface area (Å²) >= 11 is 0. The van der Waals surface area contributed by atoms with Crippen LogP contribution in [-0.4, -0.2) is 22.6 Å². The van der Waals surface area contributed by atoms with E-state index in [0.717, 1.165) is 0 Å². The third-order valence-corrected chi connectivity index (χ3v) is 2.53. The van der Waals surface area contributed by atoms with Crippen molar-refractivity contribution in [1.29, 1.82) is 0 Å². The van der Waals surface area contributed by atoms with E-state index in [9.17, 15) is 14.4 Å². The highest BCUT2D eigenvalue weighted by atomic mass is 16.4. The van der Waals surface area contributed by atoms with E-state index in [1.807, 2.05) is 0 Å². The first-order valence-electron chi connectivity index (χ1n) is 4.69. The molecule has 0 unspecified atom stereocenters. The SMILES string of the molecule is CC=C1C(=O)c2ccc(C(=O)O)cc2C1=O. The summed E-state index contributed by atoms with van der Waals surface area (Å²) in [6.07, 6.45) is 1.45. The standard InChI is InChI=1S/C12H8O4/c1-2-7-10(13)8-4-3-6(12(15)16)5-9(8)11(7)14/h2-5H,1H3,(H,15,16). The molecule has 0 spiro atoms. The molecule has 0 atom stereocenters. The summed E-state index contributed by atoms with van der Waals surface area (Å²) in [6.45, 7) is 1.61. The Labute approximate surface area is 91.2 Å². The molecular formula is C12H8O4. The molecule has 1 aromatic carbocycles. The van der Waals surface area contributed by atoms with Gasteiger partial charge in [0.25, 0.3) is 0 Å². The molecule has 80 valence electrons. The first kappa shape index (κ1) is 10.3. The zero-order valence-corrected chi connectivity index (χ0v) is 8.48. The molecule has 0 radical (unpaired) electrons. The van der Waals surface area contributed by atoms with E-state index < -0.39 is 11.8 Å². The van der Waals surface area contributed by atoms with Gasteiger partial charge < -0.3 is 5.11 Å². The Morgan fingerprint density at radius 3 is 2.38 bits per heavy atom. The maximum atomic E-state index is 11.7. The minimum Gasteiger partial charge on any atom is -0.478 e. The number of Topliss-reactive ketones (excluding diaryl/α,β-unsaturated/α-hetero) is 2. The zero-order valence-electron chi connectivity index (χ0n) is 8.48. The van der Waals surface area contributed by atoms with Crippen LogP contribution in [0.2, 0.25) is 0 Å². The van der Waals surface area contributed by atoms with Crippen LogP contribution in [0.15, 0.2) is 29.8 Å². The van der Waals surface area contributed by atoms with Gasteiger partial charge in [0.2, 0.25) is 0 Å². The van der Waals surface area contributed by atoms with Crippen molar-refractivity contribution in [1.82, 2.24) is 0 Å². The second kappa shape index (κ2) is 3.41. The van der Waals surface area contributed by atoms with Crippen molar-refractivity contribution >= 4 is 17.5 Å². The van der Waals surface area contributed by atoms with Crippen molar-refractivity contribution < 1.29 is 19.5 Å². The molecule has 0 saturated heterocycles. The van der Waals surface area contributed by atoms with Gasteiger partial charge in [0.1, 0.15) is 0 Å². The van der Waals surface area contributed by atoms with E-state index in [4.69, 9.17) is 5.11 Å². The van der Waals surface area contributed by atoms with Gasteiger partial charge in [-0.15, -0.1) is 0 Å². The Morgan fingerprint density at radius 1 is 1.19 bits per heavy atom. The minimum atomic E-state index is -1.11. The van der Waals surface area contributed by atoms with E-state index in [0.29, 0.717) is 0 Å². The van der Waals surface area contributed by atoms with Crippen LogP contribution in [-0.2, 0) is 0 Å². The van der Waals surface area contributed by atoms with Crippen LogP contribution in [0.3, 0.4) is 0 Å². The highest BCUT2D eigenvalue weighted by Gasteiger charge is 2.32. The predicted molar refractivity (Wildman–Crippen MR) is 55.8 cm³/mol. The largest absolute Gasteiger partial charge is 0.478 e. The topological polar surface area (TPSA) is 71.4 Å². The molecule has 4 nitrogen and oxygen atoms in total. The summed E-state index contributed by atoms with van der Waals surface area (Å²) in [5.74, 6) is -1.85. The van der Waals surface area contributed by atoms with Crippen molar-refractivity contribution in [2.24, 2.45) is 0 Å². The quantitative estimate of drug-likeness (QED) is 0.573. The van der Waals surface area contributed by atoms with Crippen molar-refractivity contribution in [3.05, 3.63) is 46.5 Å². The number of hydrogen-bond acceptors (Lipinski definition) is 3. The molecule has 0 bridgehead atoms. The van der Waals surface area contributed by atoms with E-state index >= 15 is 0 Å². The van der Waals surface area contributed by atoms with Crippen LogP contribution in [0, 0.1) is 0 Å². The molecule has 0 fully saturated rings. The summed E-state index contributed by atoms with van der Waals surface area (Å²) < 4.78 is 0. The van der Waals surface area contributed by atoms with Crippen molar-refractivity contribution in [2.45, 2.75) is 6.92 Å². The smallest absolute Gasteiger partial charge is 0.335 e. The third kappa shape index (κ3) is 1.27. The van der Waals surface area contributed by atoms with E-state index in [1.54, 1.807) is 6.92 Å². The lowest BCUT2D eigenvalue weighted by atomic mass is 10.1. The van der Waals surface area contributed by atoms with Gasteiger partial charge in [0, 0.05) is 11.1 Å². The Kier molecular flexibility index (Phi) is 2.20. The molecule has 0 amide bonds. The van der Waals surface area contributed by atoms with E-state index in [2.05, 4.69) is 0 Å². The van der Waals surface area contributed by atoms with Crippen molar-refractivity contribution in [2.75, 3.05) is 0 Å². The Balaban J connectivity index is 2.65. The molecule has 1 aromatic rings. The van der Waals surface area contributed by atoms with Gasteiger partial charge in [-0.3, -0.25) is 9.59 Å². The maximum absolute atomic E-state index is 11.7. The molecule has 0 aromatic heterocycles. The first-order chi connectivity index (χ1) is 7.56. The maximum Gasteiger partial charge on any atom is 0.335 e. The number of rotatable bonds is 1. The molecule has 0 heterocycles. The number of benzene rings is 1. The van der Waals surface area contributed by atoms with E-state index in [-0.39, 0.29) is 28.0 Å². The van der Waals surface area contributed by atoms with Crippen LogP contribution < -0.4 is 0 Å². The number of allylic oxidation sites excluding steroid dienone is 2. The number of carbonyl (C=O) groups is 3. The zero-order chi connectivity index (χ0) is 11.9. The normalized spacial score (nSPS) is 16.7. The molecule has 2 rings (SSSR count). The molecule has 1 N–H and O–H groups in total. The van der Waals surface area contributed by atoms with Gasteiger partial charge >= 0.3 is 5.97 Å². The lowest BCUT2D eigenvalue weighted by Gasteiger charge is -1.97. The van der Waals surface area contributed by atoms with Gasteiger partial charge in [0.15, 0.2) is 11.6 Å². The molecule has 16 heavy (non-hydrogen) atoms. The van der Waals surface area contributed by atoms with Crippen LogP contribution in [0.4, 0.5) is 0 Å². The highest BCUT2D eigenvalue weighted by molar-refractivity contribution is 6.39.